The Labute approximate surface area is 99.1 Å². The van der Waals surface area contributed by atoms with Crippen LogP contribution in [0.1, 0.15) is 24.8 Å². The average molecular weight is 242 g/mol. The summed E-state index contributed by atoms with van der Waals surface area (Å²) in [5, 5.41) is 8.77. The first kappa shape index (κ1) is 12.2. The van der Waals surface area contributed by atoms with Crippen LogP contribution in [0.3, 0.4) is 0 Å². The summed E-state index contributed by atoms with van der Waals surface area (Å²) in [5.74, 6) is -2.91. The summed E-state index contributed by atoms with van der Waals surface area (Å²) in [4.78, 5) is 5.93. The lowest BCUT2D eigenvalue weighted by molar-refractivity contribution is -0.0554. The molecule has 0 aromatic carbocycles. The molecule has 1 aromatic rings. The zero-order valence-electron chi connectivity index (χ0n) is 9.57. The van der Waals surface area contributed by atoms with Crippen LogP contribution >= 0.6 is 0 Å². The molecule has 0 radical (unpaired) electrons. The lowest BCUT2D eigenvalue weighted by Crippen LogP contribution is -2.33. The summed E-state index contributed by atoms with van der Waals surface area (Å²) in [6, 6.07) is 2.82. The molecular weight excluding hydrogens is 226 g/mol. The zero-order chi connectivity index (χ0) is 12.3. The molecule has 2 rings (SSSR count). The van der Waals surface area contributed by atoms with Crippen LogP contribution < -0.4 is 4.90 Å². The van der Waals surface area contributed by atoms with Crippen LogP contribution in [-0.2, 0) is 5.92 Å². The Hall–Kier alpha value is -1.23. The predicted octanol–water partition coefficient (Wildman–Crippen LogP) is 2.16. The molecule has 1 aromatic heterocycles. The highest BCUT2D eigenvalue weighted by Gasteiger charge is 2.35. The number of pyridine rings is 1. The Bertz CT molecular complexity index is 379. The van der Waals surface area contributed by atoms with Gasteiger partial charge in [-0.3, -0.25) is 0 Å². The first-order valence-corrected chi connectivity index (χ1v) is 5.84. The SMILES string of the molecule is OCC(F)(F)c1cccnc1N1CCCCC1. The van der Waals surface area contributed by atoms with E-state index in [1.165, 1.54) is 18.3 Å². The molecule has 0 bridgehead atoms. The quantitative estimate of drug-likeness (QED) is 0.882. The van der Waals surface area contributed by atoms with E-state index in [1.807, 2.05) is 4.90 Å². The largest absolute Gasteiger partial charge is 0.390 e. The molecule has 5 heteroatoms. The Balaban J connectivity index is 2.33. The topological polar surface area (TPSA) is 36.4 Å². The van der Waals surface area contributed by atoms with Gasteiger partial charge in [0.05, 0.1) is 5.56 Å². The number of aliphatic hydroxyl groups excluding tert-OH is 1. The fourth-order valence-electron chi connectivity index (χ4n) is 2.13. The van der Waals surface area contributed by atoms with Crippen molar-refractivity contribution in [2.45, 2.75) is 25.2 Å². The highest BCUT2D eigenvalue weighted by molar-refractivity contribution is 5.49. The molecule has 3 nitrogen and oxygen atoms in total. The second kappa shape index (κ2) is 4.96. The van der Waals surface area contributed by atoms with Crippen molar-refractivity contribution in [2.24, 2.45) is 0 Å². The van der Waals surface area contributed by atoms with Gasteiger partial charge in [-0.05, 0) is 31.4 Å². The van der Waals surface area contributed by atoms with Crippen molar-refractivity contribution in [1.29, 1.82) is 0 Å². The Morgan fingerprint density at radius 3 is 2.65 bits per heavy atom. The third-order valence-corrected chi connectivity index (χ3v) is 3.03. The first-order chi connectivity index (χ1) is 8.15. The minimum absolute atomic E-state index is 0.176. The number of hydrogen-bond donors (Lipinski definition) is 1. The molecule has 1 aliphatic heterocycles. The summed E-state index contributed by atoms with van der Waals surface area (Å²) in [5.41, 5.74) is -0.176. The summed E-state index contributed by atoms with van der Waals surface area (Å²) in [6.07, 6.45) is 4.65. The molecule has 2 heterocycles. The monoisotopic (exact) mass is 242 g/mol. The van der Waals surface area contributed by atoms with E-state index < -0.39 is 12.5 Å². The zero-order valence-corrected chi connectivity index (χ0v) is 9.57. The number of hydrogen-bond acceptors (Lipinski definition) is 3. The van der Waals surface area contributed by atoms with Crippen LogP contribution in [0.25, 0.3) is 0 Å². The van der Waals surface area contributed by atoms with Gasteiger partial charge in [0.1, 0.15) is 12.4 Å². The van der Waals surface area contributed by atoms with Gasteiger partial charge in [0.25, 0.3) is 5.92 Å². The summed E-state index contributed by atoms with van der Waals surface area (Å²) < 4.78 is 27.2. The number of nitrogens with zero attached hydrogens (tertiary/aromatic N) is 2. The van der Waals surface area contributed by atoms with Gasteiger partial charge < -0.3 is 10.0 Å². The minimum Gasteiger partial charge on any atom is -0.390 e. The van der Waals surface area contributed by atoms with E-state index in [0.29, 0.717) is 5.82 Å². The van der Waals surface area contributed by atoms with Gasteiger partial charge in [0, 0.05) is 19.3 Å². The molecule has 0 saturated carbocycles. The molecule has 0 amide bonds. The van der Waals surface area contributed by atoms with Crippen LogP contribution in [0.4, 0.5) is 14.6 Å². The molecule has 0 unspecified atom stereocenters. The molecule has 17 heavy (non-hydrogen) atoms. The third-order valence-electron chi connectivity index (χ3n) is 3.03. The Morgan fingerprint density at radius 1 is 1.29 bits per heavy atom. The van der Waals surface area contributed by atoms with Crippen LogP contribution in [0.2, 0.25) is 0 Å². The van der Waals surface area contributed by atoms with E-state index >= 15 is 0 Å². The van der Waals surface area contributed by atoms with Gasteiger partial charge in [-0.1, -0.05) is 0 Å². The number of aromatic nitrogens is 1. The number of anilines is 1. The smallest absolute Gasteiger partial charge is 0.299 e. The van der Waals surface area contributed by atoms with Crippen LogP contribution in [-0.4, -0.2) is 29.8 Å². The maximum absolute atomic E-state index is 13.6. The summed E-state index contributed by atoms with van der Waals surface area (Å²) >= 11 is 0. The maximum Gasteiger partial charge on any atom is 0.299 e. The average Bonchev–Trinajstić information content (AvgIpc) is 2.40. The molecule has 1 saturated heterocycles. The van der Waals surface area contributed by atoms with Gasteiger partial charge in [0.2, 0.25) is 0 Å². The number of alkyl halides is 2. The van der Waals surface area contributed by atoms with Crippen LogP contribution in [0, 0.1) is 0 Å². The number of halogens is 2. The lowest BCUT2D eigenvalue weighted by atomic mass is 10.1. The van der Waals surface area contributed by atoms with Gasteiger partial charge in [-0.2, -0.15) is 8.78 Å². The van der Waals surface area contributed by atoms with E-state index in [-0.39, 0.29) is 5.56 Å². The minimum atomic E-state index is -3.22. The first-order valence-electron chi connectivity index (χ1n) is 5.84. The molecule has 0 atom stereocenters. The van der Waals surface area contributed by atoms with Gasteiger partial charge in [-0.25, -0.2) is 4.98 Å². The van der Waals surface area contributed by atoms with Crippen molar-refractivity contribution in [2.75, 3.05) is 24.6 Å². The van der Waals surface area contributed by atoms with Crippen LogP contribution in [0.5, 0.6) is 0 Å². The summed E-state index contributed by atoms with van der Waals surface area (Å²) in [7, 11) is 0. The van der Waals surface area contributed by atoms with Crippen molar-refractivity contribution >= 4 is 5.82 Å². The number of rotatable bonds is 3. The number of piperidine rings is 1. The second-order valence-electron chi connectivity index (χ2n) is 4.28. The Kier molecular flexibility index (Phi) is 3.57. The molecule has 94 valence electrons. The van der Waals surface area contributed by atoms with Gasteiger partial charge in [0.15, 0.2) is 0 Å². The standard InChI is InChI=1S/C12H16F2N2O/c13-12(14,9-17)10-5-4-6-15-11(10)16-7-2-1-3-8-16/h4-6,17H,1-3,7-9H2. The predicted molar refractivity (Wildman–Crippen MR) is 61.3 cm³/mol. The molecule has 1 N–H and O–H groups in total. The van der Waals surface area contributed by atoms with E-state index in [9.17, 15) is 8.78 Å². The number of aliphatic hydroxyl groups is 1. The molecule has 1 aliphatic rings. The highest BCUT2D eigenvalue weighted by atomic mass is 19.3. The van der Waals surface area contributed by atoms with Crippen molar-refractivity contribution in [3.63, 3.8) is 0 Å². The lowest BCUT2D eigenvalue weighted by Gasteiger charge is -2.30. The fourth-order valence-corrected chi connectivity index (χ4v) is 2.13. The highest BCUT2D eigenvalue weighted by Crippen LogP contribution is 2.34. The van der Waals surface area contributed by atoms with Crippen molar-refractivity contribution in [1.82, 2.24) is 4.98 Å². The van der Waals surface area contributed by atoms with Crippen molar-refractivity contribution in [3.05, 3.63) is 23.9 Å². The molecule has 1 fully saturated rings. The van der Waals surface area contributed by atoms with E-state index in [0.717, 1.165) is 32.4 Å². The van der Waals surface area contributed by atoms with Crippen molar-refractivity contribution < 1.29 is 13.9 Å². The third kappa shape index (κ3) is 2.54. The summed E-state index contributed by atoms with van der Waals surface area (Å²) in [6.45, 7) is 0.330. The van der Waals surface area contributed by atoms with Gasteiger partial charge in [-0.15, -0.1) is 0 Å². The molecule has 0 spiro atoms. The van der Waals surface area contributed by atoms with Crippen LogP contribution in [0.15, 0.2) is 18.3 Å². The maximum atomic E-state index is 13.6. The van der Waals surface area contributed by atoms with Gasteiger partial charge >= 0.3 is 0 Å². The molecule has 0 aliphatic carbocycles. The van der Waals surface area contributed by atoms with E-state index in [4.69, 9.17) is 5.11 Å². The second-order valence-corrected chi connectivity index (χ2v) is 4.28. The van der Waals surface area contributed by atoms with E-state index in [2.05, 4.69) is 4.98 Å². The Morgan fingerprint density at radius 2 is 2.00 bits per heavy atom. The van der Waals surface area contributed by atoms with Crippen molar-refractivity contribution in [3.8, 4) is 0 Å². The normalized spacial score (nSPS) is 17.2. The van der Waals surface area contributed by atoms with E-state index in [1.54, 1.807) is 0 Å². The fraction of sp³-hybridized carbons (Fsp3) is 0.583. The molecular formula is C12H16F2N2O.